The molecule has 5 heteroatoms. The van der Waals surface area contributed by atoms with Crippen molar-refractivity contribution in [3.63, 3.8) is 0 Å². The number of benzene rings is 1. The Balaban J connectivity index is 1.79. The number of thioether (sulfide) groups is 1. The van der Waals surface area contributed by atoms with Crippen molar-refractivity contribution in [2.24, 2.45) is 0 Å². The van der Waals surface area contributed by atoms with E-state index in [1.54, 1.807) is 18.0 Å². The van der Waals surface area contributed by atoms with E-state index >= 15 is 0 Å². The number of rotatable bonds is 7. The number of hydrogen-bond acceptors (Lipinski definition) is 3. The van der Waals surface area contributed by atoms with E-state index < -0.39 is 0 Å². The molecule has 2 aromatic rings. The van der Waals surface area contributed by atoms with Crippen molar-refractivity contribution < 1.29 is 4.79 Å². The van der Waals surface area contributed by atoms with Gasteiger partial charge in [-0.05, 0) is 25.5 Å². The number of carbonyl (C=O) groups excluding carboxylic acids is 1. The lowest BCUT2D eigenvalue weighted by atomic mass is 10.2. The summed E-state index contributed by atoms with van der Waals surface area (Å²) in [5, 5.41) is 7.21. The number of aromatic nitrogens is 2. The Hall–Kier alpha value is -1.75. The highest BCUT2D eigenvalue weighted by Gasteiger charge is 2.13. The van der Waals surface area contributed by atoms with Gasteiger partial charge in [-0.2, -0.15) is 5.10 Å². The van der Waals surface area contributed by atoms with Gasteiger partial charge in [-0.1, -0.05) is 25.1 Å². The van der Waals surface area contributed by atoms with Gasteiger partial charge in [0.2, 0.25) is 0 Å². The lowest BCUT2D eigenvalue weighted by Gasteiger charge is -2.06. The first-order chi connectivity index (χ1) is 10.2. The topological polar surface area (TPSA) is 46.9 Å². The highest BCUT2D eigenvalue weighted by molar-refractivity contribution is 7.99. The maximum absolute atomic E-state index is 12.1. The zero-order valence-corrected chi connectivity index (χ0v) is 13.3. The fraction of sp³-hybridized carbons (Fsp3) is 0.375. The third-order valence-corrected chi connectivity index (χ3v) is 4.20. The third kappa shape index (κ3) is 4.36. The predicted molar refractivity (Wildman–Crippen MR) is 86.8 cm³/mol. The van der Waals surface area contributed by atoms with Crippen LogP contribution >= 0.6 is 11.8 Å². The van der Waals surface area contributed by atoms with Gasteiger partial charge in [-0.3, -0.25) is 9.48 Å². The summed E-state index contributed by atoms with van der Waals surface area (Å²) >= 11 is 1.74. The fourth-order valence-corrected chi connectivity index (χ4v) is 2.84. The van der Waals surface area contributed by atoms with Crippen LogP contribution in [0.15, 0.2) is 41.4 Å². The van der Waals surface area contributed by atoms with Crippen LogP contribution in [0.5, 0.6) is 0 Å². The first kappa shape index (κ1) is 15.6. The van der Waals surface area contributed by atoms with Crippen LogP contribution in [0.3, 0.4) is 0 Å². The van der Waals surface area contributed by atoms with Crippen molar-refractivity contribution in [2.75, 3.05) is 12.3 Å². The predicted octanol–water partition coefficient (Wildman–Crippen LogP) is 3.12. The average molecular weight is 303 g/mol. The molecular weight excluding hydrogens is 282 g/mol. The van der Waals surface area contributed by atoms with Crippen molar-refractivity contribution in [1.82, 2.24) is 15.1 Å². The molecule has 21 heavy (non-hydrogen) atoms. The van der Waals surface area contributed by atoms with E-state index in [0.29, 0.717) is 12.1 Å². The van der Waals surface area contributed by atoms with Crippen LogP contribution in [0.4, 0.5) is 0 Å². The van der Waals surface area contributed by atoms with E-state index in [-0.39, 0.29) is 5.91 Å². The second kappa shape index (κ2) is 7.88. The van der Waals surface area contributed by atoms with Crippen molar-refractivity contribution in [2.45, 2.75) is 31.7 Å². The average Bonchev–Trinajstić information content (AvgIpc) is 2.86. The zero-order chi connectivity index (χ0) is 15.1. The smallest absolute Gasteiger partial charge is 0.254 e. The van der Waals surface area contributed by atoms with Crippen LogP contribution in [0.25, 0.3) is 0 Å². The lowest BCUT2D eigenvalue weighted by molar-refractivity contribution is 0.0955. The van der Waals surface area contributed by atoms with Crippen LogP contribution in [0, 0.1) is 6.92 Å². The molecule has 1 amide bonds. The quantitative estimate of drug-likeness (QED) is 0.631. The summed E-state index contributed by atoms with van der Waals surface area (Å²) < 4.78 is 1.88. The molecule has 0 fully saturated rings. The van der Waals surface area contributed by atoms with Crippen LogP contribution in [0.2, 0.25) is 0 Å². The molecule has 0 aliphatic carbocycles. The van der Waals surface area contributed by atoms with Crippen molar-refractivity contribution in [1.29, 1.82) is 0 Å². The summed E-state index contributed by atoms with van der Waals surface area (Å²) in [4.78, 5) is 13.3. The minimum absolute atomic E-state index is 0.0384. The van der Waals surface area contributed by atoms with Gasteiger partial charge in [-0.25, -0.2) is 0 Å². The molecule has 1 N–H and O–H groups in total. The lowest BCUT2D eigenvalue weighted by Crippen LogP contribution is -2.26. The van der Waals surface area contributed by atoms with Crippen molar-refractivity contribution >= 4 is 17.7 Å². The van der Waals surface area contributed by atoms with E-state index in [9.17, 15) is 4.79 Å². The molecule has 0 aliphatic heterocycles. The molecule has 1 heterocycles. The molecule has 0 saturated heterocycles. The van der Waals surface area contributed by atoms with E-state index in [1.807, 2.05) is 29.8 Å². The second-order valence-electron chi connectivity index (χ2n) is 4.78. The maximum Gasteiger partial charge on any atom is 0.254 e. The number of aryl methyl sites for hydroxylation is 1. The molecule has 1 aromatic heterocycles. The molecule has 0 unspecified atom stereocenters. The number of amides is 1. The summed E-state index contributed by atoms with van der Waals surface area (Å²) in [6.07, 6.45) is 2.67. The Kier molecular flexibility index (Phi) is 5.87. The first-order valence-electron chi connectivity index (χ1n) is 7.20. The molecule has 0 atom stereocenters. The molecular formula is C16H21N3OS. The van der Waals surface area contributed by atoms with Gasteiger partial charge in [0.15, 0.2) is 0 Å². The van der Waals surface area contributed by atoms with Gasteiger partial charge >= 0.3 is 0 Å². The highest BCUT2D eigenvalue weighted by atomic mass is 32.2. The molecule has 0 bridgehead atoms. The van der Waals surface area contributed by atoms with Crippen LogP contribution in [-0.4, -0.2) is 28.0 Å². The number of nitrogens with zero attached hydrogens (tertiary/aromatic N) is 2. The van der Waals surface area contributed by atoms with Crippen LogP contribution in [0.1, 0.15) is 29.4 Å². The van der Waals surface area contributed by atoms with E-state index in [1.165, 1.54) is 4.90 Å². The number of hydrogen-bond donors (Lipinski definition) is 1. The fourth-order valence-electron chi connectivity index (χ4n) is 2.05. The molecule has 112 valence electrons. The standard InChI is InChI=1S/C16H21N3OS/c1-3-10-19-13(2)15(12-18-19)16(20)17-9-11-21-14-7-5-4-6-8-14/h4-8,12H,3,9-11H2,1-2H3,(H,17,20). The monoisotopic (exact) mass is 303 g/mol. The summed E-state index contributed by atoms with van der Waals surface area (Å²) in [5.74, 6) is 0.821. The molecule has 1 aromatic carbocycles. The Bertz CT molecular complexity index is 580. The molecule has 0 radical (unpaired) electrons. The molecule has 0 spiro atoms. The Morgan fingerprint density at radius 3 is 2.81 bits per heavy atom. The van der Waals surface area contributed by atoms with Crippen LogP contribution < -0.4 is 5.32 Å². The van der Waals surface area contributed by atoms with Gasteiger partial charge < -0.3 is 5.32 Å². The van der Waals surface area contributed by atoms with E-state index in [2.05, 4.69) is 29.5 Å². The molecule has 4 nitrogen and oxygen atoms in total. The summed E-state index contributed by atoms with van der Waals surface area (Å²) in [7, 11) is 0. The van der Waals surface area contributed by atoms with Gasteiger partial charge in [0.25, 0.3) is 5.91 Å². The number of carbonyl (C=O) groups is 1. The van der Waals surface area contributed by atoms with Gasteiger partial charge in [0.1, 0.15) is 0 Å². The summed E-state index contributed by atoms with van der Waals surface area (Å²) in [6, 6.07) is 10.2. The maximum atomic E-state index is 12.1. The Morgan fingerprint density at radius 1 is 1.33 bits per heavy atom. The minimum atomic E-state index is -0.0384. The molecule has 0 saturated carbocycles. The molecule has 2 rings (SSSR count). The Labute approximate surface area is 129 Å². The Morgan fingerprint density at radius 2 is 2.10 bits per heavy atom. The molecule has 0 aliphatic rings. The van der Waals surface area contributed by atoms with Crippen molar-refractivity contribution in [3.05, 3.63) is 47.8 Å². The summed E-state index contributed by atoms with van der Waals surface area (Å²) in [6.45, 7) is 5.54. The normalized spacial score (nSPS) is 10.6. The zero-order valence-electron chi connectivity index (χ0n) is 12.5. The third-order valence-electron chi connectivity index (χ3n) is 3.18. The van der Waals surface area contributed by atoms with Crippen molar-refractivity contribution in [3.8, 4) is 0 Å². The second-order valence-corrected chi connectivity index (χ2v) is 5.95. The largest absolute Gasteiger partial charge is 0.351 e. The van der Waals surface area contributed by atoms with E-state index in [0.717, 1.165) is 24.4 Å². The minimum Gasteiger partial charge on any atom is -0.351 e. The SMILES string of the molecule is CCCn1ncc(C(=O)NCCSc2ccccc2)c1C. The first-order valence-corrected chi connectivity index (χ1v) is 8.19. The van der Waals surface area contributed by atoms with Crippen LogP contribution in [-0.2, 0) is 6.54 Å². The highest BCUT2D eigenvalue weighted by Crippen LogP contribution is 2.16. The van der Waals surface area contributed by atoms with Gasteiger partial charge in [0.05, 0.1) is 11.8 Å². The van der Waals surface area contributed by atoms with E-state index in [4.69, 9.17) is 0 Å². The van der Waals surface area contributed by atoms with Gasteiger partial charge in [-0.15, -0.1) is 11.8 Å². The number of nitrogens with one attached hydrogen (secondary N) is 1. The summed E-state index contributed by atoms with van der Waals surface area (Å²) in [5.41, 5.74) is 1.61. The van der Waals surface area contributed by atoms with Gasteiger partial charge in [0, 0.05) is 29.4 Å².